The highest BCUT2D eigenvalue weighted by Gasteiger charge is 2.05. The maximum Gasteiger partial charge on any atom is 0.191 e. The number of nitrogens with one attached hydrogen (secondary N) is 2. The van der Waals surface area contributed by atoms with Crippen molar-refractivity contribution < 1.29 is 14.2 Å². The first kappa shape index (κ1) is 25.0. The van der Waals surface area contributed by atoms with E-state index in [1.807, 2.05) is 50.2 Å². The van der Waals surface area contributed by atoms with Gasteiger partial charge in [-0.1, -0.05) is 36.4 Å². The molecule has 2 rings (SSSR count). The van der Waals surface area contributed by atoms with E-state index in [9.17, 15) is 0 Å². The smallest absolute Gasteiger partial charge is 0.191 e. The number of benzene rings is 2. The SMILES string of the molecule is CCNC(=NCc1ccc(OC)c(OCC)c1)NCCOCc1ccccc1.I. The van der Waals surface area contributed by atoms with Crippen molar-refractivity contribution in [2.24, 2.45) is 4.99 Å². The summed E-state index contributed by atoms with van der Waals surface area (Å²) < 4.78 is 16.7. The van der Waals surface area contributed by atoms with E-state index in [4.69, 9.17) is 14.2 Å². The van der Waals surface area contributed by atoms with Crippen molar-refractivity contribution in [3.05, 3.63) is 59.7 Å². The van der Waals surface area contributed by atoms with Gasteiger partial charge in [-0.15, -0.1) is 24.0 Å². The number of halogens is 1. The number of hydrogen-bond acceptors (Lipinski definition) is 4. The summed E-state index contributed by atoms with van der Waals surface area (Å²) in [6.07, 6.45) is 0. The minimum absolute atomic E-state index is 0. The Bertz CT molecular complexity index is 726. The summed E-state index contributed by atoms with van der Waals surface area (Å²) in [6.45, 7) is 7.84. The van der Waals surface area contributed by atoms with Crippen LogP contribution in [-0.4, -0.2) is 39.4 Å². The van der Waals surface area contributed by atoms with Crippen LogP contribution in [0.25, 0.3) is 0 Å². The molecule has 0 aromatic heterocycles. The van der Waals surface area contributed by atoms with E-state index in [1.54, 1.807) is 7.11 Å². The zero-order valence-corrected chi connectivity index (χ0v) is 19.8. The molecule has 2 aromatic carbocycles. The second-order valence-electron chi connectivity index (χ2n) is 6.08. The second kappa shape index (κ2) is 14.9. The van der Waals surface area contributed by atoms with Gasteiger partial charge in [-0.25, -0.2) is 4.99 Å². The molecule has 0 aliphatic rings. The van der Waals surface area contributed by atoms with Crippen molar-refractivity contribution in [3.63, 3.8) is 0 Å². The van der Waals surface area contributed by atoms with Gasteiger partial charge in [-0.2, -0.15) is 0 Å². The van der Waals surface area contributed by atoms with Crippen molar-refractivity contribution in [1.29, 1.82) is 0 Å². The standard InChI is InChI=1S/C22H31N3O3.HI/c1-4-23-22(24-13-14-27-17-18-9-7-6-8-10-18)25-16-19-11-12-20(26-3)21(15-19)28-5-2;/h6-12,15H,4-5,13-14,16-17H2,1-3H3,(H2,23,24,25);1H. The molecule has 0 heterocycles. The number of guanidine groups is 1. The van der Waals surface area contributed by atoms with Crippen LogP contribution in [0, 0.1) is 0 Å². The first-order chi connectivity index (χ1) is 13.8. The van der Waals surface area contributed by atoms with Crippen LogP contribution < -0.4 is 20.1 Å². The number of nitrogens with zero attached hydrogens (tertiary/aromatic N) is 1. The van der Waals surface area contributed by atoms with Crippen molar-refractivity contribution in [3.8, 4) is 11.5 Å². The average Bonchev–Trinajstić information content (AvgIpc) is 2.73. The lowest BCUT2D eigenvalue weighted by Crippen LogP contribution is -2.38. The van der Waals surface area contributed by atoms with E-state index in [2.05, 4.69) is 27.8 Å². The molecule has 0 saturated carbocycles. The number of rotatable bonds is 11. The number of ether oxygens (including phenoxy) is 3. The van der Waals surface area contributed by atoms with Crippen LogP contribution in [-0.2, 0) is 17.9 Å². The lowest BCUT2D eigenvalue weighted by Gasteiger charge is -2.13. The summed E-state index contributed by atoms with van der Waals surface area (Å²) in [5.74, 6) is 2.24. The van der Waals surface area contributed by atoms with Gasteiger partial charge in [0.15, 0.2) is 17.5 Å². The van der Waals surface area contributed by atoms with E-state index in [0.717, 1.165) is 29.6 Å². The Labute approximate surface area is 191 Å². The van der Waals surface area contributed by atoms with E-state index in [-0.39, 0.29) is 24.0 Å². The van der Waals surface area contributed by atoms with Gasteiger partial charge in [0.05, 0.1) is 33.5 Å². The molecule has 160 valence electrons. The first-order valence-corrected chi connectivity index (χ1v) is 9.70. The van der Waals surface area contributed by atoms with Crippen LogP contribution in [0.15, 0.2) is 53.5 Å². The van der Waals surface area contributed by atoms with E-state index >= 15 is 0 Å². The molecule has 7 heteroatoms. The van der Waals surface area contributed by atoms with Crippen LogP contribution in [0.4, 0.5) is 0 Å². The maximum absolute atomic E-state index is 5.70. The lowest BCUT2D eigenvalue weighted by molar-refractivity contribution is 0.125. The Hall–Kier alpha value is -2.00. The van der Waals surface area contributed by atoms with Crippen molar-refractivity contribution in [2.45, 2.75) is 27.0 Å². The Morgan fingerprint density at radius 3 is 2.45 bits per heavy atom. The minimum Gasteiger partial charge on any atom is -0.493 e. The summed E-state index contributed by atoms with van der Waals surface area (Å²) in [5.41, 5.74) is 2.23. The van der Waals surface area contributed by atoms with Gasteiger partial charge in [-0.05, 0) is 37.1 Å². The van der Waals surface area contributed by atoms with Crippen molar-refractivity contribution in [1.82, 2.24) is 10.6 Å². The predicted octanol–water partition coefficient (Wildman–Crippen LogP) is 3.98. The Morgan fingerprint density at radius 1 is 0.966 bits per heavy atom. The molecule has 0 atom stereocenters. The third-order valence-corrected chi connectivity index (χ3v) is 3.94. The highest BCUT2D eigenvalue weighted by atomic mass is 127. The molecule has 0 amide bonds. The highest BCUT2D eigenvalue weighted by Crippen LogP contribution is 2.28. The summed E-state index contributed by atoms with van der Waals surface area (Å²) in [6, 6.07) is 16.0. The van der Waals surface area contributed by atoms with Crippen LogP contribution in [0.1, 0.15) is 25.0 Å². The fraction of sp³-hybridized carbons (Fsp3) is 0.409. The molecular formula is C22H32IN3O3. The summed E-state index contributed by atoms with van der Waals surface area (Å²) in [5, 5.41) is 6.55. The highest BCUT2D eigenvalue weighted by molar-refractivity contribution is 14.0. The third kappa shape index (κ3) is 9.36. The third-order valence-electron chi connectivity index (χ3n) is 3.94. The molecule has 0 unspecified atom stereocenters. The van der Waals surface area contributed by atoms with Gasteiger partial charge in [0.1, 0.15) is 0 Å². The molecule has 0 bridgehead atoms. The minimum atomic E-state index is 0. The number of methoxy groups -OCH3 is 1. The largest absolute Gasteiger partial charge is 0.493 e. The zero-order chi connectivity index (χ0) is 20.0. The van der Waals surface area contributed by atoms with E-state index < -0.39 is 0 Å². The summed E-state index contributed by atoms with van der Waals surface area (Å²) in [4.78, 5) is 4.64. The fourth-order valence-electron chi connectivity index (χ4n) is 2.61. The molecule has 0 radical (unpaired) electrons. The molecule has 2 N–H and O–H groups in total. The Balaban J connectivity index is 0.00000420. The molecule has 0 saturated heterocycles. The fourth-order valence-corrected chi connectivity index (χ4v) is 2.61. The lowest BCUT2D eigenvalue weighted by atomic mass is 10.2. The molecule has 0 aliphatic carbocycles. The van der Waals surface area contributed by atoms with Crippen LogP contribution in [0.5, 0.6) is 11.5 Å². The van der Waals surface area contributed by atoms with Crippen LogP contribution >= 0.6 is 24.0 Å². The number of hydrogen-bond donors (Lipinski definition) is 2. The van der Waals surface area contributed by atoms with Gasteiger partial charge in [0.2, 0.25) is 0 Å². The van der Waals surface area contributed by atoms with Gasteiger partial charge in [-0.3, -0.25) is 0 Å². The predicted molar refractivity (Wildman–Crippen MR) is 128 cm³/mol. The zero-order valence-electron chi connectivity index (χ0n) is 17.4. The van der Waals surface area contributed by atoms with Crippen molar-refractivity contribution in [2.75, 3.05) is 33.4 Å². The van der Waals surface area contributed by atoms with Crippen LogP contribution in [0.2, 0.25) is 0 Å². The molecule has 0 spiro atoms. The average molecular weight is 513 g/mol. The monoisotopic (exact) mass is 513 g/mol. The molecular weight excluding hydrogens is 481 g/mol. The van der Waals surface area contributed by atoms with E-state index in [0.29, 0.717) is 32.9 Å². The van der Waals surface area contributed by atoms with Crippen LogP contribution in [0.3, 0.4) is 0 Å². The first-order valence-electron chi connectivity index (χ1n) is 9.70. The van der Waals surface area contributed by atoms with Gasteiger partial charge in [0.25, 0.3) is 0 Å². The normalized spacial score (nSPS) is 10.8. The molecule has 0 fully saturated rings. The Kier molecular flexibility index (Phi) is 12.9. The van der Waals surface area contributed by atoms with Gasteiger partial charge in [0, 0.05) is 13.1 Å². The molecule has 2 aromatic rings. The summed E-state index contributed by atoms with van der Waals surface area (Å²) in [7, 11) is 1.64. The second-order valence-corrected chi connectivity index (χ2v) is 6.08. The molecule has 29 heavy (non-hydrogen) atoms. The Morgan fingerprint density at radius 2 is 1.76 bits per heavy atom. The molecule has 0 aliphatic heterocycles. The quantitative estimate of drug-likeness (QED) is 0.206. The van der Waals surface area contributed by atoms with Gasteiger partial charge < -0.3 is 24.8 Å². The van der Waals surface area contributed by atoms with Gasteiger partial charge >= 0.3 is 0 Å². The van der Waals surface area contributed by atoms with E-state index in [1.165, 1.54) is 5.56 Å². The molecule has 6 nitrogen and oxygen atoms in total. The van der Waals surface area contributed by atoms with Crippen molar-refractivity contribution >= 4 is 29.9 Å². The summed E-state index contributed by atoms with van der Waals surface area (Å²) >= 11 is 0. The topological polar surface area (TPSA) is 64.1 Å². The maximum atomic E-state index is 5.70. The number of aliphatic imine (C=N–C) groups is 1.